The first-order valence-corrected chi connectivity index (χ1v) is 9.62. The molecule has 0 atom stereocenters. The highest BCUT2D eigenvalue weighted by atomic mass is 19.1. The Labute approximate surface area is 171 Å². The second-order valence-electron chi connectivity index (χ2n) is 6.99. The van der Waals surface area contributed by atoms with Gasteiger partial charge in [-0.25, -0.2) is 14.4 Å². The van der Waals surface area contributed by atoms with Crippen LogP contribution in [-0.4, -0.2) is 61.9 Å². The van der Waals surface area contributed by atoms with Gasteiger partial charge in [0.2, 0.25) is 0 Å². The zero-order chi connectivity index (χ0) is 20.5. The van der Waals surface area contributed by atoms with Crippen LogP contribution in [0.15, 0.2) is 60.9 Å². The molecule has 30 heavy (non-hydrogen) atoms. The Hall–Kier alpha value is -3.88. The number of hydrogen-bond donors (Lipinski definition) is 0. The largest absolute Gasteiger partial charge is 0.351 e. The molecule has 4 aromatic rings. The predicted octanol–water partition coefficient (Wildman–Crippen LogP) is 2.31. The van der Waals surface area contributed by atoms with Crippen LogP contribution in [0.5, 0.6) is 0 Å². The van der Waals surface area contributed by atoms with Crippen molar-refractivity contribution in [3.63, 3.8) is 0 Å². The third kappa shape index (κ3) is 3.24. The minimum atomic E-state index is -0.318. The molecule has 1 aliphatic rings. The van der Waals surface area contributed by atoms with Crippen LogP contribution < -0.4 is 4.90 Å². The first-order valence-electron chi connectivity index (χ1n) is 9.62. The van der Waals surface area contributed by atoms with Crippen molar-refractivity contribution in [3.8, 4) is 5.69 Å². The maximum atomic E-state index is 13.2. The van der Waals surface area contributed by atoms with E-state index < -0.39 is 0 Å². The number of carbonyl (C=O) groups excluding carboxylic acids is 1. The summed E-state index contributed by atoms with van der Waals surface area (Å²) in [5, 5.41) is 8.45. The molecule has 8 nitrogen and oxygen atoms in total. The molecular formula is C21H18FN7O. The summed E-state index contributed by atoms with van der Waals surface area (Å²) >= 11 is 0. The van der Waals surface area contributed by atoms with Gasteiger partial charge in [0.25, 0.3) is 5.91 Å². The van der Waals surface area contributed by atoms with E-state index in [9.17, 15) is 9.18 Å². The molecule has 150 valence electrons. The Morgan fingerprint density at radius 1 is 0.900 bits per heavy atom. The molecule has 1 amide bonds. The summed E-state index contributed by atoms with van der Waals surface area (Å²) in [7, 11) is 0. The molecule has 1 aliphatic heterocycles. The van der Waals surface area contributed by atoms with Crippen molar-refractivity contribution in [1.29, 1.82) is 0 Å². The van der Waals surface area contributed by atoms with Gasteiger partial charge in [-0.2, -0.15) is 4.68 Å². The number of halogens is 1. The van der Waals surface area contributed by atoms with Crippen molar-refractivity contribution >= 4 is 22.9 Å². The molecule has 5 rings (SSSR count). The standard InChI is InChI=1S/C21H18FN7O/c22-16-6-8-17(9-7-16)29-20-18(25-26-29)19(23-14-24-20)27-10-12-28(13-11-27)21(30)15-4-2-1-3-5-15/h1-9,14H,10-13H2. The number of fused-ring (bicyclic) bond motifs is 1. The summed E-state index contributed by atoms with van der Waals surface area (Å²) in [6.07, 6.45) is 1.47. The molecule has 2 aromatic heterocycles. The van der Waals surface area contributed by atoms with Crippen molar-refractivity contribution in [1.82, 2.24) is 29.9 Å². The molecule has 1 fully saturated rings. The molecular weight excluding hydrogens is 385 g/mol. The van der Waals surface area contributed by atoms with E-state index in [1.807, 2.05) is 35.2 Å². The number of anilines is 1. The number of hydrogen-bond acceptors (Lipinski definition) is 6. The fraction of sp³-hybridized carbons (Fsp3) is 0.190. The highest BCUT2D eigenvalue weighted by Crippen LogP contribution is 2.24. The minimum Gasteiger partial charge on any atom is -0.351 e. The van der Waals surface area contributed by atoms with Gasteiger partial charge < -0.3 is 9.80 Å². The van der Waals surface area contributed by atoms with E-state index in [0.29, 0.717) is 54.4 Å². The van der Waals surface area contributed by atoms with Crippen LogP contribution in [0, 0.1) is 5.82 Å². The van der Waals surface area contributed by atoms with Crippen molar-refractivity contribution in [2.45, 2.75) is 0 Å². The van der Waals surface area contributed by atoms with Crippen molar-refractivity contribution < 1.29 is 9.18 Å². The van der Waals surface area contributed by atoms with E-state index in [0.717, 1.165) is 0 Å². The smallest absolute Gasteiger partial charge is 0.253 e. The summed E-state index contributed by atoms with van der Waals surface area (Å²) in [6.45, 7) is 2.44. The summed E-state index contributed by atoms with van der Waals surface area (Å²) in [6, 6.07) is 15.3. The van der Waals surface area contributed by atoms with Crippen LogP contribution in [0.4, 0.5) is 10.2 Å². The second-order valence-corrected chi connectivity index (χ2v) is 6.99. The van der Waals surface area contributed by atoms with Crippen molar-refractivity contribution in [3.05, 3.63) is 72.3 Å². The lowest BCUT2D eigenvalue weighted by molar-refractivity contribution is 0.0746. The molecule has 0 bridgehead atoms. The topological polar surface area (TPSA) is 80.0 Å². The Morgan fingerprint density at radius 3 is 2.37 bits per heavy atom. The van der Waals surface area contributed by atoms with Gasteiger partial charge in [-0.1, -0.05) is 23.4 Å². The first-order chi connectivity index (χ1) is 14.7. The number of piperazine rings is 1. The SMILES string of the molecule is O=C(c1ccccc1)N1CCN(c2ncnc3c2nnn3-c2ccc(F)cc2)CC1. The van der Waals surface area contributed by atoms with E-state index in [2.05, 4.69) is 25.2 Å². The number of amides is 1. The van der Waals surface area contributed by atoms with Gasteiger partial charge in [-0.3, -0.25) is 4.79 Å². The Morgan fingerprint density at radius 2 is 1.63 bits per heavy atom. The summed E-state index contributed by atoms with van der Waals surface area (Å²) in [4.78, 5) is 25.3. The molecule has 0 radical (unpaired) electrons. The van der Waals surface area contributed by atoms with Gasteiger partial charge in [0.15, 0.2) is 17.0 Å². The average molecular weight is 403 g/mol. The van der Waals surface area contributed by atoms with Crippen molar-refractivity contribution in [2.75, 3.05) is 31.1 Å². The van der Waals surface area contributed by atoms with Crippen molar-refractivity contribution in [2.24, 2.45) is 0 Å². The lowest BCUT2D eigenvalue weighted by Gasteiger charge is -2.35. The Balaban J connectivity index is 1.37. The lowest BCUT2D eigenvalue weighted by atomic mass is 10.2. The van der Waals surface area contributed by atoms with E-state index in [-0.39, 0.29) is 11.7 Å². The third-order valence-corrected chi connectivity index (χ3v) is 5.18. The molecule has 2 aromatic carbocycles. The Kier molecular flexibility index (Phi) is 4.55. The average Bonchev–Trinajstić information content (AvgIpc) is 3.24. The van der Waals surface area contributed by atoms with Gasteiger partial charge in [-0.15, -0.1) is 5.10 Å². The fourth-order valence-electron chi connectivity index (χ4n) is 3.61. The summed E-state index contributed by atoms with van der Waals surface area (Å²) in [5.74, 6) is 0.395. The number of rotatable bonds is 3. The van der Waals surface area contributed by atoms with E-state index in [1.165, 1.54) is 18.5 Å². The highest BCUT2D eigenvalue weighted by Gasteiger charge is 2.25. The third-order valence-electron chi connectivity index (χ3n) is 5.18. The zero-order valence-electron chi connectivity index (χ0n) is 16.0. The maximum Gasteiger partial charge on any atom is 0.253 e. The maximum absolute atomic E-state index is 13.2. The quantitative estimate of drug-likeness (QED) is 0.522. The van der Waals surface area contributed by atoms with Gasteiger partial charge >= 0.3 is 0 Å². The first kappa shape index (κ1) is 18.2. The van der Waals surface area contributed by atoms with Crippen LogP contribution in [0.1, 0.15) is 10.4 Å². The van der Waals surface area contributed by atoms with E-state index in [4.69, 9.17) is 0 Å². The van der Waals surface area contributed by atoms with E-state index in [1.54, 1.807) is 16.8 Å². The van der Waals surface area contributed by atoms with Crippen LogP contribution in [0.25, 0.3) is 16.9 Å². The normalized spacial score (nSPS) is 14.3. The minimum absolute atomic E-state index is 0.0327. The zero-order valence-corrected chi connectivity index (χ0v) is 16.0. The van der Waals surface area contributed by atoms with Gasteiger partial charge in [0.1, 0.15) is 12.1 Å². The summed E-state index contributed by atoms with van der Waals surface area (Å²) in [5.41, 5.74) is 2.48. The molecule has 0 saturated carbocycles. The number of benzene rings is 2. The number of aromatic nitrogens is 5. The van der Waals surface area contributed by atoms with Gasteiger partial charge in [-0.05, 0) is 36.4 Å². The molecule has 0 spiro atoms. The molecule has 0 N–H and O–H groups in total. The molecule has 0 aliphatic carbocycles. The monoisotopic (exact) mass is 403 g/mol. The predicted molar refractivity (Wildman–Crippen MR) is 109 cm³/mol. The highest BCUT2D eigenvalue weighted by molar-refractivity contribution is 5.94. The lowest BCUT2D eigenvalue weighted by Crippen LogP contribution is -2.49. The van der Waals surface area contributed by atoms with Gasteiger partial charge in [0, 0.05) is 31.7 Å². The molecule has 9 heteroatoms. The van der Waals surface area contributed by atoms with Gasteiger partial charge in [0.05, 0.1) is 5.69 Å². The summed E-state index contributed by atoms with van der Waals surface area (Å²) < 4.78 is 14.8. The van der Waals surface area contributed by atoms with Crippen LogP contribution in [0.2, 0.25) is 0 Å². The van der Waals surface area contributed by atoms with Crippen LogP contribution in [-0.2, 0) is 0 Å². The number of carbonyl (C=O) groups is 1. The second kappa shape index (κ2) is 7.51. The fourth-order valence-corrected chi connectivity index (χ4v) is 3.61. The number of nitrogens with zero attached hydrogens (tertiary/aromatic N) is 7. The van der Waals surface area contributed by atoms with Crippen LogP contribution in [0.3, 0.4) is 0 Å². The van der Waals surface area contributed by atoms with Crippen LogP contribution >= 0.6 is 0 Å². The molecule has 3 heterocycles. The Bertz CT molecular complexity index is 1190. The molecule has 0 unspecified atom stereocenters. The molecule has 1 saturated heterocycles. The van der Waals surface area contributed by atoms with E-state index >= 15 is 0 Å².